The number of likely N-dealkylation sites (tertiary alicyclic amines) is 1. The highest BCUT2D eigenvalue weighted by atomic mass is 31.0. The fraction of sp³-hybridized carbons (Fsp3) is 0.500. The molecule has 0 bridgehead atoms. The lowest BCUT2D eigenvalue weighted by atomic mass is 9.97. The Morgan fingerprint density at radius 1 is 0.461 bits per heavy atom. The maximum Gasteiger partial charge on any atom is 0.471 e. The summed E-state index contributed by atoms with van der Waals surface area (Å²) in [5.74, 6) is 3.27. The fourth-order valence-electron chi connectivity index (χ4n) is 14.8. The fourth-order valence-corrected chi connectivity index (χ4v) is 17.0. The van der Waals surface area contributed by atoms with Crippen LogP contribution in [0.4, 0.5) is 26.3 Å². The number of ether oxygens (including phenoxy) is 9. The third kappa shape index (κ3) is 31.6. The van der Waals surface area contributed by atoms with Gasteiger partial charge in [-0.2, -0.15) is 51.5 Å². The summed E-state index contributed by atoms with van der Waals surface area (Å²) in [6.45, 7) is 34.2. The minimum atomic E-state index is -4.82. The molecule has 9 aromatic rings. The average Bonchev–Trinajstić information content (AvgIpc) is 1.67. The van der Waals surface area contributed by atoms with E-state index in [1.807, 2.05) is 123 Å². The zero-order valence-corrected chi connectivity index (χ0v) is 80.7. The van der Waals surface area contributed by atoms with E-state index < -0.39 is 48.4 Å². The maximum atomic E-state index is 12.7. The number of benzene rings is 3. The van der Waals surface area contributed by atoms with E-state index in [4.69, 9.17) is 42.6 Å². The van der Waals surface area contributed by atoms with Crippen LogP contribution in [0.1, 0.15) is 80.4 Å². The van der Waals surface area contributed by atoms with Crippen molar-refractivity contribution in [1.82, 2.24) is 69.2 Å². The van der Waals surface area contributed by atoms with Gasteiger partial charge in [-0.3, -0.25) is 14.5 Å². The van der Waals surface area contributed by atoms with Crippen LogP contribution in [0.2, 0.25) is 77.1 Å². The summed E-state index contributed by atoms with van der Waals surface area (Å²) < 4.78 is 132. The molecule has 4 unspecified atom stereocenters. The summed E-state index contributed by atoms with van der Waals surface area (Å²) in [6, 6.07) is 38.3. The number of aldehydes is 1. The molecule has 26 nitrogen and oxygen atoms in total. The number of rotatable bonds is 32. The number of piperidine rings is 1. The Bertz CT molecular complexity index is 4910. The Balaban J connectivity index is 0.000000221. The monoisotopic (exact) mass is 1890 g/mol. The second kappa shape index (κ2) is 49.1. The van der Waals surface area contributed by atoms with Gasteiger partial charge in [0.1, 0.15) is 61.0 Å². The van der Waals surface area contributed by atoms with Crippen molar-refractivity contribution in [2.45, 2.75) is 173 Å². The molecule has 1 N–H and O–H groups in total. The molecule has 700 valence electrons. The molecule has 0 saturated carbocycles. The highest BCUT2D eigenvalue weighted by Gasteiger charge is 2.44. The molecule has 4 atom stereocenters. The van der Waals surface area contributed by atoms with Gasteiger partial charge in [0.25, 0.3) is 0 Å². The smallest absolute Gasteiger partial charge is 0.471 e. The molecule has 6 aromatic heterocycles. The lowest BCUT2D eigenvalue weighted by molar-refractivity contribution is -0.187. The number of halogens is 6. The first kappa shape index (κ1) is 105. The molecule has 0 aliphatic carbocycles. The van der Waals surface area contributed by atoms with Gasteiger partial charge in [-0.1, -0.05) is 84.5 Å². The summed E-state index contributed by atoms with van der Waals surface area (Å²) in [5.41, 5.74) is 9.09. The van der Waals surface area contributed by atoms with Gasteiger partial charge in [0.05, 0.1) is 36.9 Å². The number of hydrogen-bond donors (Lipinski definition) is 1. The van der Waals surface area contributed by atoms with Crippen molar-refractivity contribution < 1.29 is 83.4 Å². The Hall–Kier alpha value is -8.57. The number of fused-ring (bicyclic) bond motifs is 3. The van der Waals surface area contributed by atoms with Crippen molar-refractivity contribution in [1.29, 1.82) is 0 Å². The van der Waals surface area contributed by atoms with Crippen molar-refractivity contribution >= 4 is 72.0 Å². The van der Waals surface area contributed by atoms with Gasteiger partial charge in [-0.25, -0.2) is 29.0 Å². The topological polar surface area (TPSA) is 251 Å². The van der Waals surface area contributed by atoms with Crippen LogP contribution in [0.25, 0.3) is 33.8 Å². The van der Waals surface area contributed by atoms with Crippen LogP contribution >= 0.6 is 29.7 Å². The zero-order chi connectivity index (χ0) is 88.0. The summed E-state index contributed by atoms with van der Waals surface area (Å²) in [6.07, 6.45) is 6.76. The molecule has 6 aliphatic rings. The van der Waals surface area contributed by atoms with E-state index in [0.29, 0.717) is 101 Å². The molecular formula is C90H126F6N14O12P3Si3-3. The third-order valence-corrected chi connectivity index (χ3v) is 27.2. The van der Waals surface area contributed by atoms with Crippen LogP contribution in [0.3, 0.4) is 0 Å². The molecular weight excluding hydrogens is 1760 g/mol. The van der Waals surface area contributed by atoms with Crippen molar-refractivity contribution in [3.8, 4) is 85.9 Å². The highest BCUT2D eigenvalue weighted by Crippen LogP contribution is 2.43. The Morgan fingerprint density at radius 3 is 1.12 bits per heavy atom. The van der Waals surface area contributed by atoms with E-state index in [-0.39, 0.29) is 75.1 Å². The number of amides is 2. The van der Waals surface area contributed by atoms with E-state index in [1.165, 1.54) is 5.56 Å². The largest absolute Gasteiger partial charge is 1.51 e. The summed E-state index contributed by atoms with van der Waals surface area (Å²) >= 11 is 0. The number of nitrogens with zero attached hydrogens (tertiary/aromatic N) is 13. The molecule has 0 spiro atoms. The lowest BCUT2D eigenvalue weighted by Gasteiger charge is -2.35. The van der Waals surface area contributed by atoms with Gasteiger partial charge in [0, 0.05) is 241 Å². The number of pyridine rings is 3. The Morgan fingerprint density at radius 2 is 0.797 bits per heavy atom. The molecule has 3 fully saturated rings. The van der Waals surface area contributed by atoms with Crippen LogP contribution in [-0.4, -0.2) is 237 Å². The van der Waals surface area contributed by atoms with Gasteiger partial charge >= 0.3 is 24.2 Å². The first-order chi connectivity index (χ1) is 59.3. The summed E-state index contributed by atoms with van der Waals surface area (Å²) in [7, 11) is -3.36. The Kier molecular flexibility index (Phi) is 40.2. The molecule has 12 heterocycles. The van der Waals surface area contributed by atoms with E-state index in [0.717, 1.165) is 187 Å². The van der Waals surface area contributed by atoms with Crippen LogP contribution in [0, 0.1) is 0 Å². The first-order valence-corrected chi connectivity index (χ1v) is 53.8. The summed E-state index contributed by atoms with van der Waals surface area (Å²) in [4.78, 5) is 52.8. The van der Waals surface area contributed by atoms with Crippen LogP contribution in [-0.2, 0) is 48.8 Å². The van der Waals surface area contributed by atoms with Crippen LogP contribution in [0.5, 0.6) is 52.1 Å². The summed E-state index contributed by atoms with van der Waals surface area (Å²) in [5, 5.41) is 16.6. The predicted molar refractivity (Wildman–Crippen MR) is 504 cm³/mol. The number of carbonyl (C=O) groups is 3. The highest BCUT2D eigenvalue weighted by molar-refractivity contribution is 6.92. The van der Waals surface area contributed by atoms with Gasteiger partial charge in [-0.05, 0) is 118 Å². The Labute approximate surface area is 760 Å². The minimum absolute atomic E-state index is 0. The SMILES string of the molecule is C.C[Si](C)(C)CCOCn1nccc1-c1ccc(Oc2ccc3c(c2)OCC3CC=O)nc1.C[Si](C)(C)CCOCn1nccc1-c1ccc(Oc2ccc3c(c2)OCC3CCN2CCN(C(=O)C(F)(F)F)CC2)nc1.C[Si](C)(C)CCOCn1nccc1-c1ccc(Oc2ccc3c(c2)OCC3CCN2CCNCC2)nc1.O=C(N1CCCCC1)C(F)(F)F.P.[PH-2].[PH2-]. The van der Waals surface area contributed by atoms with E-state index in [1.54, 1.807) is 31.0 Å². The maximum absolute atomic E-state index is 12.7. The van der Waals surface area contributed by atoms with Crippen LogP contribution < -0.4 is 33.7 Å². The number of piperazine rings is 2. The predicted octanol–water partition coefficient (Wildman–Crippen LogP) is 18.7. The molecule has 128 heavy (non-hydrogen) atoms. The van der Waals surface area contributed by atoms with E-state index in [2.05, 4.69) is 110 Å². The number of hydrogen-bond acceptors (Lipinski definition) is 21. The molecule has 6 aliphatic heterocycles. The average molecular weight is 1890 g/mol. The van der Waals surface area contributed by atoms with E-state index in [9.17, 15) is 40.7 Å². The number of nitrogens with one attached hydrogen (secondary N) is 1. The van der Waals surface area contributed by atoms with E-state index >= 15 is 0 Å². The number of carbonyl (C=O) groups excluding carboxylic acids is 3. The van der Waals surface area contributed by atoms with Crippen molar-refractivity contribution in [3.05, 3.63) is 163 Å². The zero-order valence-electron chi connectivity index (χ0n) is 74.1. The van der Waals surface area contributed by atoms with Gasteiger partial charge in [0.2, 0.25) is 17.6 Å². The number of alkyl halides is 6. The molecule has 15 rings (SSSR count). The minimum Gasteiger partial charge on any atom is -1.51 e. The van der Waals surface area contributed by atoms with Crippen LogP contribution in [0.15, 0.2) is 146 Å². The molecule has 3 saturated heterocycles. The quantitative estimate of drug-likeness (QED) is 0.0135. The van der Waals surface area contributed by atoms with Crippen molar-refractivity contribution in [2.75, 3.05) is 118 Å². The number of aromatic nitrogens is 9. The van der Waals surface area contributed by atoms with Crippen molar-refractivity contribution in [2.24, 2.45) is 0 Å². The van der Waals surface area contributed by atoms with Gasteiger partial charge < -0.3 is 87.2 Å². The van der Waals surface area contributed by atoms with Crippen molar-refractivity contribution in [3.63, 3.8) is 0 Å². The molecule has 2 amide bonds. The third-order valence-electron chi connectivity index (χ3n) is 22.1. The van der Waals surface area contributed by atoms with Gasteiger partial charge in [-0.15, -0.1) is 0 Å². The second-order valence-corrected chi connectivity index (χ2v) is 52.2. The molecule has 0 radical (unpaired) electrons. The van der Waals surface area contributed by atoms with Gasteiger partial charge in [0.15, 0.2) is 0 Å². The lowest BCUT2D eigenvalue weighted by Crippen LogP contribution is -2.52. The standard InChI is InChI=1S/C30H38F3N5O4Si.C28H39N5O3Si.C24H29N3O4Si.C7H10F3NO.CH4.H3P.H2P.HP/c1-43(2,3)17-16-40-21-38-26(8-10-35-38)22-4-7-28(34-19-22)42-24-5-6-25-23(20-41-27(25)18-24)9-11-36-12-14-37(15-13-36)29(39)30(31,32)33;1-37(2,3)17-16-34-21-33-26(8-10-31-33)22-4-7-28(30-19-22)36-24-5-6-25-23(20-35-27(25)18-24)9-13-32-14-11-29-12-15-32;1-32(2,3)13-12-29-17-27-22(8-10-26-27)18-4-7-24(25-15-18)31-20-5-6-21-19(9-11-28)16-30-23(21)14-20;8-7(9,10)6(12)11-4-2-1-3-5-11;;;;/h4-8,10,18-19,23H,9,11-17,20-21H2,1-3H3;4-8,10,18-19,23,29H,9,11-17,20-21H2,1-3H3;4-8,10-11,14-15,19H,9,12-13,16-17H2,1-3H3;1-5H2;1H4;1H3;1H2;1H/q;;;;;;-1;-2. The molecule has 38 heteroatoms. The second-order valence-electron chi connectivity index (χ2n) is 35.3. The first-order valence-electron chi connectivity index (χ1n) is 42.7. The molecule has 3 aromatic carbocycles. The normalized spacial score (nSPS) is 16.7.